The minimum atomic E-state index is -4.35. The lowest BCUT2D eigenvalue weighted by Gasteiger charge is -2.22. The number of aliphatic imine (C=N–C) groups is 1. The van der Waals surface area contributed by atoms with E-state index in [1.54, 1.807) is 31.1 Å². The fourth-order valence-corrected chi connectivity index (χ4v) is 2.42. The van der Waals surface area contributed by atoms with Gasteiger partial charge in [-0.2, -0.15) is 13.2 Å². The van der Waals surface area contributed by atoms with Crippen molar-refractivity contribution in [2.24, 2.45) is 4.99 Å². The number of benzene rings is 2. The van der Waals surface area contributed by atoms with Gasteiger partial charge in [0, 0.05) is 26.3 Å². The van der Waals surface area contributed by atoms with Gasteiger partial charge in [-0.25, -0.2) is 0 Å². The predicted octanol–water partition coefficient (Wildman–Crippen LogP) is 3.97. The van der Waals surface area contributed by atoms with Gasteiger partial charge in [-0.15, -0.1) is 24.0 Å². The standard InChI is InChI=1S/C19H21F3N4O.HI/c1-23-18(24-12-17(27)25-16-6-4-3-5-7-16)26(2)13-14-8-10-15(11-9-14)19(20,21)22;/h3-11H,12-13H2,1-2H3,(H,23,24)(H,25,27);1H. The molecule has 28 heavy (non-hydrogen) atoms. The van der Waals surface area contributed by atoms with E-state index in [2.05, 4.69) is 15.6 Å². The van der Waals surface area contributed by atoms with Gasteiger partial charge in [0.15, 0.2) is 5.96 Å². The zero-order valence-electron chi connectivity index (χ0n) is 15.5. The SMILES string of the molecule is CN=C(NCC(=O)Nc1ccccc1)N(C)Cc1ccc(C(F)(F)F)cc1.I. The molecule has 2 rings (SSSR count). The normalized spacial score (nSPS) is 11.4. The monoisotopic (exact) mass is 506 g/mol. The van der Waals surface area contributed by atoms with Gasteiger partial charge in [0.2, 0.25) is 5.91 Å². The molecule has 0 bridgehead atoms. The van der Waals surface area contributed by atoms with Crippen molar-refractivity contribution in [1.82, 2.24) is 10.2 Å². The van der Waals surface area contributed by atoms with Crippen LogP contribution in [0, 0.1) is 0 Å². The second kappa shape index (κ2) is 10.9. The molecule has 0 aliphatic heterocycles. The second-order valence-corrected chi connectivity index (χ2v) is 5.87. The molecule has 0 saturated heterocycles. The molecule has 152 valence electrons. The second-order valence-electron chi connectivity index (χ2n) is 5.87. The van der Waals surface area contributed by atoms with Gasteiger partial charge in [-0.1, -0.05) is 30.3 Å². The van der Waals surface area contributed by atoms with E-state index in [0.29, 0.717) is 23.8 Å². The van der Waals surface area contributed by atoms with E-state index in [4.69, 9.17) is 0 Å². The van der Waals surface area contributed by atoms with Crippen LogP contribution in [0.5, 0.6) is 0 Å². The number of hydrogen-bond acceptors (Lipinski definition) is 2. The number of para-hydroxylation sites is 1. The molecular weight excluding hydrogens is 484 g/mol. The zero-order chi connectivity index (χ0) is 19.9. The van der Waals surface area contributed by atoms with Crippen LogP contribution in [0.4, 0.5) is 18.9 Å². The summed E-state index contributed by atoms with van der Waals surface area (Å²) in [4.78, 5) is 17.8. The summed E-state index contributed by atoms with van der Waals surface area (Å²) in [6.45, 7) is 0.358. The Bertz CT molecular complexity index is 780. The number of anilines is 1. The highest BCUT2D eigenvalue weighted by Gasteiger charge is 2.29. The molecule has 2 aromatic carbocycles. The van der Waals surface area contributed by atoms with Gasteiger partial charge in [0.1, 0.15) is 0 Å². The third-order valence-corrected chi connectivity index (χ3v) is 3.74. The number of alkyl halides is 3. The first-order valence-corrected chi connectivity index (χ1v) is 8.22. The summed E-state index contributed by atoms with van der Waals surface area (Å²) in [5, 5.41) is 5.68. The highest BCUT2D eigenvalue weighted by molar-refractivity contribution is 14.0. The Kier molecular flexibility index (Phi) is 9.23. The first-order valence-electron chi connectivity index (χ1n) is 8.22. The highest BCUT2D eigenvalue weighted by Crippen LogP contribution is 2.29. The summed E-state index contributed by atoms with van der Waals surface area (Å²) in [6, 6.07) is 14.0. The molecule has 9 heteroatoms. The minimum Gasteiger partial charge on any atom is -0.347 e. The van der Waals surface area contributed by atoms with Crippen LogP contribution >= 0.6 is 24.0 Å². The van der Waals surface area contributed by atoms with Crippen molar-refractivity contribution in [3.8, 4) is 0 Å². The molecule has 0 spiro atoms. The first-order chi connectivity index (χ1) is 12.8. The topological polar surface area (TPSA) is 56.7 Å². The van der Waals surface area contributed by atoms with Crippen LogP contribution in [0.2, 0.25) is 0 Å². The van der Waals surface area contributed by atoms with Crippen molar-refractivity contribution >= 4 is 41.5 Å². The quantitative estimate of drug-likeness (QED) is 0.367. The van der Waals surface area contributed by atoms with Gasteiger partial charge < -0.3 is 15.5 Å². The van der Waals surface area contributed by atoms with E-state index in [-0.39, 0.29) is 36.4 Å². The van der Waals surface area contributed by atoms with Crippen molar-refractivity contribution in [2.45, 2.75) is 12.7 Å². The third kappa shape index (κ3) is 7.37. The zero-order valence-corrected chi connectivity index (χ0v) is 17.8. The number of amides is 1. The fourth-order valence-electron chi connectivity index (χ4n) is 2.42. The van der Waals surface area contributed by atoms with E-state index < -0.39 is 11.7 Å². The van der Waals surface area contributed by atoms with E-state index >= 15 is 0 Å². The van der Waals surface area contributed by atoms with Crippen molar-refractivity contribution in [1.29, 1.82) is 0 Å². The van der Waals surface area contributed by atoms with Crippen LogP contribution in [0.25, 0.3) is 0 Å². The van der Waals surface area contributed by atoms with Crippen LogP contribution in [0.15, 0.2) is 59.6 Å². The number of carbonyl (C=O) groups is 1. The number of nitrogens with zero attached hydrogens (tertiary/aromatic N) is 2. The summed E-state index contributed by atoms with van der Waals surface area (Å²) in [7, 11) is 3.31. The van der Waals surface area contributed by atoms with Crippen LogP contribution in [-0.2, 0) is 17.5 Å². The summed E-state index contributed by atoms with van der Waals surface area (Å²) in [5.74, 6) is 0.225. The van der Waals surface area contributed by atoms with Crippen molar-refractivity contribution < 1.29 is 18.0 Å². The van der Waals surface area contributed by atoms with E-state index in [0.717, 1.165) is 12.1 Å². The molecule has 0 heterocycles. The van der Waals surface area contributed by atoms with Gasteiger partial charge in [0.25, 0.3) is 0 Å². The first kappa shape index (κ1) is 23.7. The molecule has 0 radical (unpaired) electrons. The van der Waals surface area contributed by atoms with Crippen LogP contribution < -0.4 is 10.6 Å². The smallest absolute Gasteiger partial charge is 0.347 e. The van der Waals surface area contributed by atoms with Gasteiger partial charge in [0.05, 0.1) is 12.1 Å². The van der Waals surface area contributed by atoms with E-state index in [1.807, 2.05) is 18.2 Å². The van der Waals surface area contributed by atoms with Crippen molar-refractivity contribution in [3.63, 3.8) is 0 Å². The van der Waals surface area contributed by atoms with Gasteiger partial charge in [-0.05, 0) is 29.8 Å². The number of halogens is 4. The van der Waals surface area contributed by atoms with Gasteiger partial charge in [-0.3, -0.25) is 9.79 Å². The lowest BCUT2D eigenvalue weighted by atomic mass is 10.1. The number of hydrogen-bond donors (Lipinski definition) is 2. The molecule has 2 aromatic rings. The molecule has 0 saturated carbocycles. The molecule has 0 aliphatic rings. The molecular formula is C19H22F3IN4O. The maximum absolute atomic E-state index is 12.6. The lowest BCUT2D eigenvalue weighted by Crippen LogP contribution is -2.42. The molecule has 2 N–H and O–H groups in total. The molecule has 0 aliphatic carbocycles. The lowest BCUT2D eigenvalue weighted by molar-refractivity contribution is -0.137. The van der Waals surface area contributed by atoms with Crippen molar-refractivity contribution in [2.75, 3.05) is 26.0 Å². The molecule has 0 aromatic heterocycles. The Labute approximate surface area is 179 Å². The Morgan fingerprint density at radius 3 is 2.21 bits per heavy atom. The molecule has 0 unspecified atom stereocenters. The number of rotatable bonds is 5. The Morgan fingerprint density at radius 2 is 1.68 bits per heavy atom. The number of guanidine groups is 1. The Hall–Kier alpha value is -2.30. The average molecular weight is 506 g/mol. The minimum absolute atomic E-state index is 0. The maximum Gasteiger partial charge on any atom is 0.416 e. The highest BCUT2D eigenvalue weighted by atomic mass is 127. The summed E-state index contributed by atoms with van der Waals surface area (Å²) < 4.78 is 37.9. The summed E-state index contributed by atoms with van der Waals surface area (Å²) in [6.07, 6.45) is -4.35. The largest absolute Gasteiger partial charge is 0.416 e. The maximum atomic E-state index is 12.6. The summed E-state index contributed by atoms with van der Waals surface area (Å²) in [5.41, 5.74) is 0.702. The van der Waals surface area contributed by atoms with Crippen LogP contribution in [-0.4, -0.2) is 37.4 Å². The summed E-state index contributed by atoms with van der Waals surface area (Å²) >= 11 is 0. The Morgan fingerprint density at radius 1 is 1.07 bits per heavy atom. The third-order valence-electron chi connectivity index (χ3n) is 3.74. The molecule has 5 nitrogen and oxygen atoms in total. The van der Waals surface area contributed by atoms with E-state index in [9.17, 15) is 18.0 Å². The Balaban J connectivity index is 0.00000392. The molecule has 0 fully saturated rings. The number of nitrogens with one attached hydrogen (secondary N) is 2. The molecule has 1 amide bonds. The predicted molar refractivity (Wildman–Crippen MR) is 115 cm³/mol. The van der Waals surface area contributed by atoms with Gasteiger partial charge >= 0.3 is 6.18 Å². The molecule has 0 atom stereocenters. The van der Waals surface area contributed by atoms with Crippen molar-refractivity contribution in [3.05, 3.63) is 65.7 Å². The van der Waals surface area contributed by atoms with Crippen LogP contribution in [0.1, 0.15) is 11.1 Å². The number of carbonyl (C=O) groups excluding carboxylic acids is 1. The average Bonchev–Trinajstić information content (AvgIpc) is 2.62. The van der Waals surface area contributed by atoms with E-state index in [1.165, 1.54) is 12.1 Å². The fraction of sp³-hybridized carbons (Fsp3) is 0.263. The van der Waals surface area contributed by atoms with Crippen LogP contribution in [0.3, 0.4) is 0 Å².